The lowest BCUT2D eigenvalue weighted by Crippen LogP contribution is -2.39. The zero-order valence-corrected chi connectivity index (χ0v) is 11.3. The Balaban J connectivity index is 2.69. The van der Waals surface area contributed by atoms with Crippen molar-refractivity contribution in [1.29, 1.82) is 5.26 Å². The molecule has 0 amide bonds. The maximum absolute atomic E-state index is 11.9. The first-order valence-electron chi connectivity index (χ1n) is 5.63. The van der Waals surface area contributed by atoms with E-state index in [0.717, 1.165) is 9.87 Å². The number of hydrogen-bond acceptors (Lipinski definition) is 3. The Bertz CT molecular complexity index is 508. The van der Waals surface area contributed by atoms with Crippen LogP contribution >= 0.6 is 0 Å². The zero-order chi connectivity index (χ0) is 13.6. The lowest BCUT2D eigenvalue weighted by atomic mass is 10.1. The van der Waals surface area contributed by atoms with Crippen molar-refractivity contribution in [3.63, 3.8) is 0 Å². The lowest BCUT2D eigenvalue weighted by molar-refractivity contribution is 0.456. The van der Waals surface area contributed by atoms with E-state index in [-0.39, 0.29) is 19.0 Å². The predicted molar refractivity (Wildman–Crippen MR) is 69.8 cm³/mol. The number of nitrogens with zero attached hydrogens (tertiary/aromatic N) is 2. The van der Waals surface area contributed by atoms with Gasteiger partial charge in [0.15, 0.2) is 0 Å². The summed E-state index contributed by atoms with van der Waals surface area (Å²) < 4.78 is 27.6. The number of nitriles is 1. The molecule has 0 aromatic heterocycles. The standard InChI is InChI=1S/C12H17N3O2S/c1-11(12-7-4-3-5-8-12)14-18(16,17)15(2)10-6-9-13/h3-5,7-8,11,14H,6,10H2,1-2H3/t11-/m0/s1. The highest BCUT2D eigenvalue weighted by molar-refractivity contribution is 7.87. The molecule has 0 aliphatic heterocycles. The van der Waals surface area contributed by atoms with Gasteiger partial charge in [0.25, 0.3) is 10.2 Å². The van der Waals surface area contributed by atoms with E-state index in [1.165, 1.54) is 7.05 Å². The van der Waals surface area contributed by atoms with Crippen molar-refractivity contribution in [3.8, 4) is 6.07 Å². The number of rotatable bonds is 6. The fourth-order valence-electron chi connectivity index (χ4n) is 1.45. The summed E-state index contributed by atoms with van der Waals surface area (Å²) >= 11 is 0. The van der Waals surface area contributed by atoms with Crippen LogP contribution in [-0.2, 0) is 10.2 Å². The smallest absolute Gasteiger partial charge is 0.198 e. The van der Waals surface area contributed by atoms with Gasteiger partial charge < -0.3 is 0 Å². The van der Waals surface area contributed by atoms with Crippen LogP contribution in [-0.4, -0.2) is 26.3 Å². The Morgan fingerprint density at radius 1 is 1.39 bits per heavy atom. The van der Waals surface area contributed by atoms with E-state index in [0.29, 0.717) is 0 Å². The molecule has 0 heterocycles. The molecule has 1 N–H and O–H groups in total. The zero-order valence-electron chi connectivity index (χ0n) is 10.5. The van der Waals surface area contributed by atoms with Crippen LogP contribution < -0.4 is 4.72 Å². The van der Waals surface area contributed by atoms with Crippen molar-refractivity contribution in [2.75, 3.05) is 13.6 Å². The number of nitrogens with one attached hydrogen (secondary N) is 1. The summed E-state index contributed by atoms with van der Waals surface area (Å²) in [6, 6.07) is 10.9. The van der Waals surface area contributed by atoms with Gasteiger partial charge in [-0.1, -0.05) is 30.3 Å². The van der Waals surface area contributed by atoms with Gasteiger partial charge >= 0.3 is 0 Å². The first-order chi connectivity index (χ1) is 8.47. The summed E-state index contributed by atoms with van der Waals surface area (Å²) in [5.74, 6) is 0. The first kappa shape index (κ1) is 14.6. The van der Waals surface area contributed by atoms with Crippen molar-refractivity contribution in [3.05, 3.63) is 35.9 Å². The summed E-state index contributed by atoms with van der Waals surface area (Å²) in [6.07, 6.45) is 0.178. The summed E-state index contributed by atoms with van der Waals surface area (Å²) in [6.45, 7) is 1.97. The second-order valence-electron chi connectivity index (χ2n) is 3.98. The third-order valence-corrected chi connectivity index (χ3v) is 4.23. The van der Waals surface area contributed by atoms with Gasteiger partial charge in [0, 0.05) is 26.1 Å². The Labute approximate surface area is 108 Å². The van der Waals surface area contributed by atoms with Crippen molar-refractivity contribution in [2.24, 2.45) is 0 Å². The van der Waals surface area contributed by atoms with Gasteiger partial charge in [-0.15, -0.1) is 0 Å². The van der Waals surface area contributed by atoms with Gasteiger partial charge in [-0.05, 0) is 12.5 Å². The van der Waals surface area contributed by atoms with E-state index < -0.39 is 10.2 Å². The third kappa shape index (κ3) is 4.11. The van der Waals surface area contributed by atoms with E-state index in [2.05, 4.69) is 4.72 Å². The van der Waals surface area contributed by atoms with E-state index >= 15 is 0 Å². The van der Waals surface area contributed by atoms with E-state index in [1.807, 2.05) is 36.4 Å². The molecule has 0 spiro atoms. The fraction of sp³-hybridized carbons (Fsp3) is 0.417. The van der Waals surface area contributed by atoms with Gasteiger partial charge in [-0.2, -0.15) is 22.7 Å². The molecule has 18 heavy (non-hydrogen) atoms. The molecule has 98 valence electrons. The van der Waals surface area contributed by atoms with Crippen LogP contribution in [0.5, 0.6) is 0 Å². The van der Waals surface area contributed by atoms with Crippen LogP contribution in [0.2, 0.25) is 0 Å². The first-order valence-corrected chi connectivity index (χ1v) is 7.07. The van der Waals surface area contributed by atoms with Crippen LogP contribution in [0.15, 0.2) is 30.3 Å². The topological polar surface area (TPSA) is 73.2 Å². The van der Waals surface area contributed by atoms with Crippen molar-refractivity contribution < 1.29 is 8.42 Å². The maximum Gasteiger partial charge on any atom is 0.279 e. The Morgan fingerprint density at radius 3 is 2.56 bits per heavy atom. The van der Waals surface area contributed by atoms with Crippen molar-refractivity contribution in [2.45, 2.75) is 19.4 Å². The Kier molecular flexibility index (Phi) is 5.28. The molecule has 0 fully saturated rings. The molecule has 1 atom stereocenters. The molecule has 0 bridgehead atoms. The third-order valence-electron chi connectivity index (χ3n) is 2.57. The van der Waals surface area contributed by atoms with Crippen LogP contribution in [0, 0.1) is 11.3 Å². The normalized spacial score (nSPS) is 13.2. The molecule has 1 aromatic carbocycles. The minimum atomic E-state index is -3.55. The molecule has 0 unspecified atom stereocenters. The minimum absolute atomic E-state index is 0.178. The van der Waals surface area contributed by atoms with Gasteiger partial charge in [0.05, 0.1) is 6.07 Å². The Morgan fingerprint density at radius 2 is 2.00 bits per heavy atom. The highest BCUT2D eigenvalue weighted by Gasteiger charge is 2.20. The maximum atomic E-state index is 11.9. The van der Waals surface area contributed by atoms with E-state index in [1.54, 1.807) is 6.92 Å². The highest BCUT2D eigenvalue weighted by Crippen LogP contribution is 2.13. The lowest BCUT2D eigenvalue weighted by Gasteiger charge is -2.20. The molecule has 0 aliphatic rings. The van der Waals surface area contributed by atoms with Crippen molar-refractivity contribution >= 4 is 10.2 Å². The average molecular weight is 267 g/mol. The average Bonchev–Trinajstić information content (AvgIpc) is 2.36. The van der Waals surface area contributed by atoms with Gasteiger partial charge in [-0.25, -0.2) is 0 Å². The van der Waals surface area contributed by atoms with Crippen LogP contribution in [0.1, 0.15) is 24.9 Å². The molecule has 1 rings (SSSR count). The summed E-state index contributed by atoms with van der Waals surface area (Å²) in [5.41, 5.74) is 0.898. The van der Waals surface area contributed by atoms with Crippen LogP contribution in [0.3, 0.4) is 0 Å². The molecular weight excluding hydrogens is 250 g/mol. The van der Waals surface area contributed by atoms with E-state index in [4.69, 9.17) is 5.26 Å². The number of benzene rings is 1. The largest absolute Gasteiger partial charge is 0.279 e. The second kappa shape index (κ2) is 6.50. The van der Waals surface area contributed by atoms with E-state index in [9.17, 15) is 8.42 Å². The molecule has 1 aromatic rings. The van der Waals surface area contributed by atoms with Gasteiger partial charge in [-0.3, -0.25) is 0 Å². The molecule has 6 heteroatoms. The predicted octanol–water partition coefficient (Wildman–Crippen LogP) is 1.43. The second-order valence-corrected chi connectivity index (χ2v) is 5.79. The summed E-state index contributed by atoms with van der Waals surface area (Å²) in [5, 5.41) is 8.45. The summed E-state index contributed by atoms with van der Waals surface area (Å²) in [7, 11) is -2.09. The molecule has 0 saturated heterocycles. The highest BCUT2D eigenvalue weighted by atomic mass is 32.2. The fourth-order valence-corrected chi connectivity index (χ4v) is 2.55. The number of hydrogen-bond donors (Lipinski definition) is 1. The Hall–Kier alpha value is -1.42. The van der Waals surface area contributed by atoms with Crippen LogP contribution in [0.25, 0.3) is 0 Å². The monoisotopic (exact) mass is 267 g/mol. The van der Waals surface area contributed by atoms with Crippen molar-refractivity contribution in [1.82, 2.24) is 9.03 Å². The SMILES string of the molecule is C[C@H](NS(=O)(=O)N(C)CCC#N)c1ccccc1. The van der Waals surface area contributed by atoms with Gasteiger partial charge in [0.2, 0.25) is 0 Å². The molecule has 0 saturated carbocycles. The molecular formula is C12H17N3O2S. The van der Waals surface area contributed by atoms with Crippen LogP contribution in [0.4, 0.5) is 0 Å². The van der Waals surface area contributed by atoms with Gasteiger partial charge in [0.1, 0.15) is 0 Å². The molecule has 5 nitrogen and oxygen atoms in total. The molecule has 0 radical (unpaired) electrons. The minimum Gasteiger partial charge on any atom is -0.198 e. The quantitative estimate of drug-likeness (QED) is 0.847. The summed E-state index contributed by atoms with van der Waals surface area (Å²) in [4.78, 5) is 0. The molecule has 0 aliphatic carbocycles.